The summed E-state index contributed by atoms with van der Waals surface area (Å²) < 4.78 is 0. The van der Waals surface area contributed by atoms with Crippen molar-refractivity contribution in [2.45, 2.75) is 46.3 Å². The second kappa shape index (κ2) is 6.40. The number of nitrogens with zero attached hydrogens (tertiary/aromatic N) is 2. The molecule has 0 saturated carbocycles. The fourth-order valence-corrected chi connectivity index (χ4v) is 2.79. The first kappa shape index (κ1) is 16.0. The van der Waals surface area contributed by atoms with Gasteiger partial charge in [0.05, 0.1) is 12.2 Å². The maximum atomic E-state index is 12.4. The predicted molar refractivity (Wildman–Crippen MR) is 81.8 cm³/mol. The minimum Gasteiger partial charge on any atom is -0.295 e. The molecule has 3 nitrogen and oxygen atoms in total. The molecule has 1 amide bonds. The van der Waals surface area contributed by atoms with E-state index in [-0.39, 0.29) is 30.5 Å². The van der Waals surface area contributed by atoms with Crippen molar-refractivity contribution in [2.24, 2.45) is 0 Å². The fraction of sp³-hybridized carbons (Fsp3) is 0.533. The Morgan fingerprint density at radius 1 is 1.21 bits per heavy atom. The van der Waals surface area contributed by atoms with Crippen molar-refractivity contribution >= 4 is 24.0 Å². The van der Waals surface area contributed by atoms with Gasteiger partial charge in [-0.2, -0.15) is 0 Å². The van der Waals surface area contributed by atoms with Gasteiger partial charge in [0.25, 0.3) is 0 Å². The lowest BCUT2D eigenvalue weighted by Crippen LogP contribution is -2.38. The highest BCUT2D eigenvalue weighted by molar-refractivity contribution is 6.00. The molecule has 0 spiro atoms. The van der Waals surface area contributed by atoms with Gasteiger partial charge in [-0.15, -0.1) is 12.4 Å². The third kappa shape index (κ3) is 2.77. The molecule has 1 aliphatic rings. The van der Waals surface area contributed by atoms with E-state index in [0.29, 0.717) is 0 Å². The molecule has 2 atom stereocenters. The standard InChI is InChI=1S/C15H22N2O.ClH/c1-5-10-16-12(3)15(18)17(13(16)4)14-9-7-6-8-11(14)2;/h6-9,12-13H,5,10H2,1-4H3;1H/t12-,13+;/m0./s1. The van der Waals surface area contributed by atoms with Gasteiger partial charge in [-0.05, 0) is 38.8 Å². The lowest BCUT2D eigenvalue weighted by Gasteiger charge is -2.28. The normalized spacial score (nSPS) is 23.6. The van der Waals surface area contributed by atoms with Gasteiger partial charge in [0.1, 0.15) is 0 Å². The van der Waals surface area contributed by atoms with Gasteiger partial charge < -0.3 is 0 Å². The molecule has 0 unspecified atom stereocenters. The van der Waals surface area contributed by atoms with Crippen LogP contribution in [0.3, 0.4) is 0 Å². The summed E-state index contributed by atoms with van der Waals surface area (Å²) in [5, 5.41) is 0. The fourth-order valence-electron chi connectivity index (χ4n) is 2.79. The Bertz CT molecular complexity index is 450. The number of halogens is 1. The third-order valence-corrected chi connectivity index (χ3v) is 3.80. The Morgan fingerprint density at radius 2 is 1.84 bits per heavy atom. The number of benzene rings is 1. The zero-order valence-electron chi connectivity index (χ0n) is 12.1. The van der Waals surface area contributed by atoms with E-state index in [2.05, 4.69) is 31.7 Å². The van der Waals surface area contributed by atoms with Crippen LogP contribution in [0.25, 0.3) is 0 Å². The zero-order valence-corrected chi connectivity index (χ0v) is 12.9. The molecule has 19 heavy (non-hydrogen) atoms. The van der Waals surface area contributed by atoms with Crippen LogP contribution in [0.15, 0.2) is 24.3 Å². The van der Waals surface area contributed by atoms with Gasteiger partial charge in [0, 0.05) is 12.2 Å². The van der Waals surface area contributed by atoms with Crippen molar-refractivity contribution in [2.75, 3.05) is 11.4 Å². The summed E-state index contributed by atoms with van der Waals surface area (Å²) in [6.45, 7) is 9.30. The van der Waals surface area contributed by atoms with E-state index in [4.69, 9.17) is 0 Å². The maximum Gasteiger partial charge on any atom is 0.245 e. The van der Waals surface area contributed by atoms with Crippen molar-refractivity contribution in [3.63, 3.8) is 0 Å². The van der Waals surface area contributed by atoms with Crippen LogP contribution in [0.2, 0.25) is 0 Å². The van der Waals surface area contributed by atoms with Crippen LogP contribution >= 0.6 is 12.4 Å². The van der Waals surface area contributed by atoms with Crippen LogP contribution in [-0.2, 0) is 4.79 Å². The van der Waals surface area contributed by atoms with Crippen molar-refractivity contribution in [3.8, 4) is 0 Å². The molecule has 106 valence electrons. The number of para-hydroxylation sites is 1. The van der Waals surface area contributed by atoms with E-state index in [1.807, 2.05) is 30.0 Å². The number of hydrogen-bond donors (Lipinski definition) is 0. The van der Waals surface area contributed by atoms with Gasteiger partial charge in [-0.1, -0.05) is 25.1 Å². The average Bonchev–Trinajstić information content (AvgIpc) is 2.55. The lowest BCUT2D eigenvalue weighted by atomic mass is 10.1. The van der Waals surface area contributed by atoms with Crippen LogP contribution in [0, 0.1) is 6.92 Å². The molecule has 1 saturated heterocycles. The van der Waals surface area contributed by atoms with E-state index < -0.39 is 0 Å². The minimum atomic E-state index is -0.0143. The summed E-state index contributed by atoms with van der Waals surface area (Å²) in [7, 11) is 0. The van der Waals surface area contributed by atoms with Gasteiger partial charge in [0.15, 0.2) is 0 Å². The summed E-state index contributed by atoms with van der Waals surface area (Å²) in [5.41, 5.74) is 2.20. The first-order valence-electron chi connectivity index (χ1n) is 6.72. The molecular formula is C15H23ClN2O. The van der Waals surface area contributed by atoms with Gasteiger partial charge in [-0.25, -0.2) is 0 Å². The Labute approximate surface area is 122 Å². The maximum absolute atomic E-state index is 12.4. The molecule has 0 aliphatic carbocycles. The molecule has 1 aromatic rings. The first-order valence-corrected chi connectivity index (χ1v) is 6.72. The summed E-state index contributed by atoms with van der Waals surface area (Å²) in [5.74, 6) is 0.213. The Morgan fingerprint density at radius 3 is 2.42 bits per heavy atom. The number of anilines is 1. The minimum absolute atomic E-state index is 0. The smallest absolute Gasteiger partial charge is 0.245 e. The van der Waals surface area contributed by atoms with Crippen LogP contribution in [-0.4, -0.2) is 29.6 Å². The molecule has 0 aromatic heterocycles. The summed E-state index contributed by atoms with van der Waals surface area (Å²) in [6, 6.07) is 8.08. The second-order valence-electron chi connectivity index (χ2n) is 5.04. The SMILES string of the molecule is CCCN1[C@@H](C)C(=O)N(c2ccccc2C)[C@@H]1C.Cl. The Balaban J connectivity index is 0.00000180. The van der Waals surface area contributed by atoms with Gasteiger partial charge >= 0.3 is 0 Å². The summed E-state index contributed by atoms with van der Waals surface area (Å²) >= 11 is 0. The van der Waals surface area contributed by atoms with Gasteiger partial charge in [0.2, 0.25) is 5.91 Å². The van der Waals surface area contributed by atoms with Crippen molar-refractivity contribution in [1.29, 1.82) is 0 Å². The molecule has 0 bridgehead atoms. The first-order chi connectivity index (χ1) is 8.57. The monoisotopic (exact) mass is 282 g/mol. The molecule has 1 fully saturated rings. The predicted octanol–water partition coefficient (Wildman–Crippen LogP) is 3.21. The molecule has 2 rings (SSSR count). The topological polar surface area (TPSA) is 23.6 Å². The quantitative estimate of drug-likeness (QED) is 0.850. The number of aryl methyl sites for hydroxylation is 1. The van der Waals surface area contributed by atoms with Crippen molar-refractivity contribution in [1.82, 2.24) is 4.90 Å². The van der Waals surface area contributed by atoms with Crippen molar-refractivity contribution in [3.05, 3.63) is 29.8 Å². The molecule has 1 heterocycles. The number of carbonyl (C=O) groups excluding carboxylic acids is 1. The molecule has 1 aromatic carbocycles. The second-order valence-corrected chi connectivity index (χ2v) is 5.04. The van der Waals surface area contributed by atoms with E-state index >= 15 is 0 Å². The Kier molecular flexibility index (Phi) is 5.39. The van der Waals surface area contributed by atoms with Crippen molar-refractivity contribution < 1.29 is 4.79 Å². The lowest BCUT2D eigenvalue weighted by molar-refractivity contribution is -0.119. The van der Waals surface area contributed by atoms with E-state index in [1.165, 1.54) is 0 Å². The molecule has 0 N–H and O–H groups in total. The largest absolute Gasteiger partial charge is 0.295 e. The van der Waals surface area contributed by atoms with Crippen LogP contribution in [0.5, 0.6) is 0 Å². The number of rotatable bonds is 3. The Hall–Kier alpha value is -1.06. The average molecular weight is 283 g/mol. The van der Waals surface area contributed by atoms with Crippen LogP contribution in [0.1, 0.15) is 32.8 Å². The molecule has 4 heteroatoms. The highest BCUT2D eigenvalue weighted by Gasteiger charge is 2.41. The zero-order chi connectivity index (χ0) is 13.3. The molecular weight excluding hydrogens is 260 g/mol. The number of carbonyl (C=O) groups is 1. The summed E-state index contributed by atoms with van der Waals surface area (Å²) in [6.07, 6.45) is 1.22. The number of hydrogen-bond acceptors (Lipinski definition) is 2. The summed E-state index contributed by atoms with van der Waals surface area (Å²) in [4.78, 5) is 16.7. The molecule has 0 radical (unpaired) electrons. The third-order valence-electron chi connectivity index (χ3n) is 3.80. The van der Waals surface area contributed by atoms with Crippen LogP contribution < -0.4 is 4.90 Å². The van der Waals surface area contributed by atoms with Crippen LogP contribution in [0.4, 0.5) is 5.69 Å². The highest BCUT2D eigenvalue weighted by Crippen LogP contribution is 2.30. The van der Waals surface area contributed by atoms with E-state index in [0.717, 1.165) is 24.2 Å². The van der Waals surface area contributed by atoms with Gasteiger partial charge in [-0.3, -0.25) is 14.6 Å². The highest BCUT2D eigenvalue weighted by atomic mass is 35.5. The molecule has 1 aliphatic heterocycles. The van der Waals surface area contributed by atoms with E-state index in [1.54, 1.807) is 0 Å². The number of amides is 1. The van der Waals surface area contributed by atoms with E-state index in [9.17, 15) is 4.79 Å².